The van der Waals surface area contributed by atoms with Crippen molar-refractivity contribution in [1.29, 1.82) is 0 Å². The number of nitrogens with one attached hydrogen (secondary N) is 1. The fourth-order valence-corrected chi connectivity index (χ4v) is 4.31. The average Bonchev–Trinajstić information content (AvgIpc) is 3.11. The zero-order valence-electron chi connectivity index (χ0n) is 17.3. The normalized spacial score (nSPS) is 17.2. The zero-order chi connectivity index (χ0) is 20.2. The van der Waals surface area contributed by atoms with Crippen molar-refractivity contribution in [2.24, 2.45) is 0 Å². The molecular weight excluding hydrogens is 362 g/mol. The largest absolute Gasteiger partial charge is 0.343 e. The van der Waals surface area contributed by atoms with E-state index in [1.165, 1.54) is 16.6 Å². The third-order valence-corrected chi connectivity index (χ3v) is 5.89. The number of likely N-dealkylation sites (tertiary alicyclic amines) is 1. The number of H-pyrrole nitrogens is 1. The smallest absolute Gasteiger partial charge is 0.219 e. The van der Waals surface area contributed by atoms with Gasteiger partial charge in [-0.25, -0.2) is 4.98 Å². The Bertz CT molecular complexity index is 968. The van der Waals surface area contributed by atoms with Gasteiger partial charge >= 0.3 is 0 Å². The maximum atomic E-state index is 11.9. The van der Waals surface area contributed by atoms with Crippen molar-refractivity contribution >= 4 is 16.9 Å². The molecule has 0 bridgehead atoms. The molecule has 1 unspecified atom stereocenters. The lowest BCUT2D eigenvalue weighted by molar-refractivity contribution is -0.130. The molecule has 6 nitrogen and oxygen atoms in total. The lowest BCUT2D eigenvalue weighted by Crippen LogP contribution is -2.38. The highest BCUT2D eigenvalue weighted by Gasteiger charge is 2.27. The first-order chi connectivity index (χ1) is 14.1. The highest BCUT2D eigenvalue weighted by atomic mass is 16.2. The van der Waals surface area contributed by atoms with E-state index in [0.717, 1.165) is 56.8 Å². The van der Waals surface area contributed by atoms with Gasteiger partial charge in [-0.1, -0.05) is 6.07 Å². The van der Waals surface area contributed by atoms with Gasteiger partial charge in [0.15, 0.2) is 0 Å². The zero-order valence-corrected chi connectivity index (χ0v) is 17.3. The molecule has 29 heavy (non-hydrogen) atoms. The van der Waals surface area contributed by atoms with Crippen molar-refractivity contribution in [3.63, 3.8) is 0 Å². The molecule has 0 spiro atoms. The molecule has 0 saturated carbocycles. The molecule has 152 valence electrons. The molecule has 6 heteroatoms. The first kappa shape index (κ1) is 19.6. The van der Waals surface area contributed by atoms with Crippen LogP contribution in [-0.4, -0.2) is 57.3 Å². The van der Waals surface area contributed by atoms with E-state index in [9.17, 15) is 4.79 Å². The number of carbonyl (C=O) groups excluding carboxylic acids is 1. The van der Waals surface area contributed by atoms with Crippen molar-refractivity contribution in [3.8, 4) is 0 Å². The molecule has 1 fully saturated rings. The first-order valence-electron chi connectivity index (χ1n) is 10.4. The van der Waals surface area contributed by atoms with E-state index in [2.05, 4.69) is 39.0 Å². The summed E-state index contributed by atoms with van der Waals surface area (Å²) < 4.78 is 0. The predicted octanol–water partition coefficient (Wildman–Crippen LogP) is 3.36. The Balaban J connectivity index is 1.55. The van der Waals surface area contributed by atoms with E-state index < -0.39 is 0 Å². The van der Waals surface area contributed by atoms with Gasteiger partial charge in [0.2, 0.25) is 5.91 Å². The quantitative estimate of drug-likeness (QED) is 0.700. The van der Waals surface area contributed by atoms with Gasteiger partial charge in [-0.3, -0.25) is 9.78 Å². The number of pyridine rings is 2. The number of piperidine rings is 1. The second-order valence-corrected chi connectivity index (χ2v) is 8.03. The second kappa shape index (κ2) is 8.74. The Morgan fingerprint density at radius 1 is 1.24 bits per heavy atom. The number of fused-ring (bicyclic) bond motifs is 1. The molecule has 0 radical (unpaired) electrons. The fourth-order valence-electron chi connectivity index (χ4n) is 4.31. The minimum Gasteiger partial charge on any atom is -0.343 e. The Morgan fingerprint density at radius 3 is 2.90 bits per heavy atom. The highest BCUT2D eigenvalue weighted by molar-refractivity contribution is 5.81. The van der Waals surface area contributed by atoms with Crippen LogP contribution >= 0.6 is 0 Å². The molecule has 3 aromatic rings. The summed E-state index contributed by atoms with van der Waals surface area (Å²) in [4.78, 5) is 28.8. The fraction of sp³-hybridized carbons (Fsp3) is 0.435. The van der Waals surface area contributed by atoms with Crippen LogP contribution < -0.4 is 0 Å². The summed E-state index contributed by atoms with van der Waals surface area (Å²) in [6, 6.07) is 10.2. The van der Waals surface area contributed by atoms with Gasteiger partial charge in [-0.2, -0.15) is 0 Å². The molecule has 4 rings (SSSR count). The monoisotopic (exact) mass is 391 g/mol. The van der Waals surface area contributed by atoms with Gasteiger partial charge in [0.1, 0.15) is 5.65 Å². The third kappa shape index (κ3) is 4.48. The summed E-state index contributed by atoms with van der Waals surface area (Å²) in [7, 11) is 2.16. The minimum atomic E-state index is 0.165. The van der Waals surface area contributed by atoms with Crippen molar-refractivity contribution in [2.75, 3.05) is 26.7 Å². The maximum absolute atomic E-state index is 11.9. The number of likely N-dealkylation sites (N-methyl/N-ethyl adjacent to an activating group) is 1. The van der Waals surface area contributed by atoms with Crippen LogP contribution in [0.25, 0.3) is 11.0 Å². The maximum Gasteiger partial charge on any atom is 0.219 e. The van der Waals surface area contributed by atoms with Crippen LogP contribution in [0.15, 0.2) is 42.7 Å². The lowest BCUT2D eigenvalue weighted by Gasteiger charge is -2.32. The Morgan fingerprint density at radius 2 is 2.10 bits per heavy atom. The van der Waals surface area contributed by atoms with Crippen LogP contribution in [0.4, 0.5) is 0 Å². The number of amides is 1. The Hall–Kier alpha value is -2.73. The lowest BCUT2D eigenvalue weighted by atomic mass is 9.91. The van der Waals surface area contributed by atoms with E-state index in [1.807, 2.05) is 35.5 Å². The Kier molecular flexibility index (Phi) is 5.90. The number of aromatic nitrogens is 3. The molecule has 1 aliphatic rings. The molecule has 1 N–H and O–H groups in total. The van der Waals surface area contributed by atoms with Crippen LogP contribution in [-0.2, 0) is 17.8 Å². The summed E-state index contributed by atoms with van der Waals surface area (Å²) in [5.74, 6) is 0.499. The van der Waals surface area contributed by atoms with Crippen molar-refractivity contribution in [3.05, 3.63) is 59.7 Å². The van der Waals surface area contributed by atoms with Gasteiger partial charge in [0.25, 0.3) is 0 Å². The number of nitrogens with zero attached hydrogens (tertiary/aromatic N) is 4. The van der Waals surface area contributed by atoms with Gasteiger partial charge in [0, 0.05) is 74.6 Å². The van der Waals surface area contributed by atoms with E-state index in [0.29, 0.717) is 5.92 Å². The van der Waals surface area contributed by atoms with Crippen LogP contribution in [0.5, 0.6) is 0 Å². The number of hydrogen-bond acceptors (Lipinski definition) is 4. The molecule has 1 saturated heterocycles. The van der Waals surface area contributed by atoms with Gasteiger partial charge in [-0.15, -0.1) is 0 Å². The van der Waals surface area contributed by atoms with Crippen LogP contribution in [0, 0.1) is 0 Å². The van der Waals surface area contributed by atoms with Gasteiger partial charge < -0.3 is 14.8 Å². The highest BCUT2D eigenvalue weighted by Crippen LogP contribution is 2.33. The molecular formula is C23H29N5O. The average molecular weight is 392 g/mol. The number of rotatable bonds is 6. The standard InChI is InChI=1S/C23H29N5O/c1-17(29)28-13-6-7-18(15-28)22-21(20-9-5-12-25-23(20)26-22)16-27(2)14-10-19-8-3-4-11-24-19/h3-5,8-9,11-12,18H,6-7,10,13-16H2,1-2H3,(H,25,26). The summed E-state index contributed by atoms with van der Waals surface area (Å²) in [5.41, 5.74) is 4.61. The minimum absolute atomic E-state index is 0.165. The van der Waals surface area contributed by atoms with E-state index in [1.54, 1.807) is 6.92 Å². The SMILES string of the molecule is CC(=O)N1CCCC(c2[nH]c3ncccc3c2CN(C)CCc2ccccn2)C1. The van der Waals surface area contributed by atoms with Gasteiger partial charge in [0.05, 0.1) is 0 Å². The number of aromatic amines is 1. The molecule has 1 amide bonds. The van der Waals surface area contributed by atoms with Crippen LogP contribution in [0.2, 0.25) is 0 Å². The molecule has 3 aromatic heterocycles. The van der Waals surface area contributed by atoms with Crippen LogP contribution in [0.1, 0.15) is 42.6 Å². The van der Waals surface area contributed by atoms with E-state index >= 15 is 0 Å². The summed E-state index contributed by atoms with van der Waals surface area (Å²) in [6.45, 7) is 5.11. The molecule has 1 aliphatic heterocycles. The predicted molar refractivity (Wildman–Crippen MR) is 115 cm³/mol. The summed E-state index contributed by atoms with van der Waals surface area (Å²) in [5, 5.41) is 1.19. The molecule has 1 atom stereocenters. The topological polar surface area (TPSA) is 65.1 Å². The number of hydrogen-bond donors (Lipinski definition) is 1. The van der Waals surface area contributed by atoms with E-state index in [-0.39, 0.29) is 5.91 Å². The van der Waals surface area contributed by atoms with Crippen molar-refractivity contribution in [1.82, 2.24) is 24.8 Å². The van der Waals surface area contributed by atoms with Gasteiger partial charge in [-0.05, 0) is 49.7 Å². The first-order valence-corrected chi connectivity index (χ1v) is 10.4. The second-order valence-electron chi connectivity index (χ2n) is 8.03. The van der Waals surface area contributed by atoms with E-state index in [4.69, 9.17) is 0 Å². The van der Waals surface area contributed by atoms with Crippen LogP contribution in [0.3, 0.4) is 0 Å². The van der Waals surface area contributed by atoms with Crippen molar-refractivity contribution in [2.45, 2.75) is 38.6 Å². The Labute approximate surface area is 172 Å². The third-order valence-electron chi connectivity index (χ3n) is 5.89. The number of carbonyl (C=O) groups is 1. The summed E-state index contributed by atoms with van der Waals surface area (Å²) in [6.07, 6.45) is 6.75. The molecule has 0 aliphatic carbocycles. The molecule has 4 heterocycles. The molecule has 0 aromatic carbocycles. The van der Waals surface area contributed by atoms with Crippen molar-refractivity contribution < 1.29 is 4.79 Å². The summed E-state index contributed by atoms with van der Waals surface area (Å²) >= 11 is 0.